The Labute approximate surface area is 94.9 Å². The maximum atomic E-state index is 5.43. The number of nitrogens with one attached hydrogen (secondary N) is 1. The quantitative estimate of drug-likeness (QED) is 0.857. The zero-order valence-corrected chi connectivity index (χ0v) is 9.98. The minimum atomic E-state index is 0.620. The van der Waals surface area contributed by atoms with Gasteiger partial charge in [0, 0.05) is 36.9 Å². The summed E-state index contributed by atoms with van der Waals surface area (Å²) in [4.78, 5) is 5.58. The third-order valence-electron chi connectivity index (χ3n) is 2.69. The van der Waals surface area contributed by atoms with Gasteiger partial charge in [-0.2, -0.15) is 0 Å². The molecule has 1 saturated heterocycles. The lowest BCUT2D eigenvalue weighted by molar-refractivity contribution is 0.142. The second-order valence-electron chi connectivity index (χ2n) is 3.97. The van der Waals surface area contributed by atoms with Gasteiger partial charge in [0.25, 0.3) is 0 Å². The van der Waals surface area contributed by atoms with Crippen molar-refractivity contribution < 1.29 is 4.74 Å². The highest BCUT2D eigenvalue weighted by Gasteiger charge is 2.11. The minimum absolute atomic E-state index is 0.620. The summed E-state index contributed by atoms with van der Waals surface area (Å²) in [6.07, 6.45) is 5.52. The Morgan fingerprint density at radius 3 is 3.27 bits per heavy atom. The topological polar surface area (TPSA) is 34.2 Å². The van der Waals surface area contributed by atoms with Crippen molar-refractivity contribution in [2.24, 2.45) is 0 Å². The van der Waals surface area contributed by atoms with Gasteiger partial charge in [0.2, 0.25) is 0 Å². The van der Waals surface area contributed by atoms with Crippen LogP contribution in [-0.4, -0.2) is 24.2 Å². The lowest BCUT2D eigenvalue weighted by Gasteiger charge is -2.14. The number of rotatable bonds is 3. The van der Waals surface area contributed by atoms with Crippen LogP contribution >= 0.6 is 11.3 Å². The predicted molar refractivity (Wildman–Crippen MR) is 62.1 cm³/mol. The summed E-state index contributed by atoms with van der Waals surface area (Å²) in [5, 5.41) is 4.73. The molecule has 2 heterocycles. The Balaban J connectivity index is 1.76. The molecule has 84 valence electrons. The van der Waals surface area contributed by atoms with E-state index in [2.05, 4.69) is 10.3 Å². The van der Waals surface area contributed by atoms with E-state index in [1.54, 1.807) is 11.3 Å². The van der Waals surface area contributed by atoms with E-state index in [0.717, 1.165) is 31.2 Å². The van der Waals surface area contributed by atoms with Crippen molar-refractivity contribution in [3.63, 3.8) is 0 Å². The summed E-state index contributed by atoms with van der Waals surface area (Å²) in [5.41, 5.74) is 0. The highest BCUT2D eigenvalue weighted by Crippen LogP contribution is 2.13. The van der Waals surface area contributed by atoms with Crippen molar-refractivity contribution in [1.29, 1.82) is 0 Å². The van der Waals surface area contributed by atoms with E-state index >= 15 is 0 Å². The van der Waals surface area contributed by atoms with Crippen molar-refractivity contribution in [1.82, 2.24) is 10.3 Å². The Hall–Kier alpha value is -0.450. The molecule has 3 nitrogen and oxygen atoms in total. The maximum Gasteiger partial charge on any atom is 0.0897 e. The monoisotopic (exact) mass is 226 g/mol. The smallest absolute Gasteiger partial charge is 0.0897 e. The van der Waals surface area contributed by atoms with Crippen LogP contribution in [0.1, 0.15) is 29.1 Å². The molecule has 0 radical (unpaired) electrons. The van der Waals surface area contributed by atoms with E-state index in [4.69, 9.17) is 4.74 Å². The van der Waals surface area contributed by atoms with Crippen molar-refractivity contribution in [2.45, 2.75) is 38.8 Å². The Morgan fingerprint density at radius 1 is 1.53 bits per heavy atom. The minimum Gasteiger partial charge on any atom is -0.381 e. The fourth-order valence-electron chi connectivity index (χ4n) is 1.84. The standard InChI is InChI=1S/C11H18N2OS/c1-9-12-7-11(15-9)8-13-10-3-2-5-14-6-4-10/h7,10,13H,2-6,8H2,1H3/t10-/m1/s1. The number of hydrogen-bond donors (Lipinski definition) is 1. The first-order valence-electron chi connectivity index (χ1n) is 5.57. The summed E-state index contributed by atoms with van der Waals surface area (Å²) < 4.78 is 5.43. The first-order chi connectivity index (χ1) is 7.34. The number of hydrogen-bond acceptors (Lipinski definition) is 4. The highest BCUT2D eigenvalue weighted by atomic mass is 32.1. The fraction of sp³-hybridized carbons (Fsp3) is 0.727. The Bertz CT molecular complexity index is 293. The van der Waals surface area contributed by atoms with Crippen molar-refractivity contribution in [3.05, 3.63) is 16.1 Å². The van der Waals surface area contributed by atoms with E-state index in [1.807, 2.05) is 13.1 Å². The molecule has 1 atom stereocenters. The first-order valence-corrected chi connectivity index (χ1v) is 6.38. The van der Waals surface area contributed by atoms with Crippen LogP contribution in [0.25, 0.3) is 0 Å². The van der Waals surface area contributed by atoms with Crippen LogP contribution < -0.4 is 5.32 Å². The van der Waals surface area contributed by atoms with E-state index < -0.39 is 0 Å². The molecule has 2 rings (SSSR count). The average molecular weight is 226 g/mol. The largest absolute Gasteiger partial charge is 0.381 e. The normalized spacial score (nSPS) is 22.6. The van der Waals surface area contributed by atoms with Crippen LogP contribution in [0.5, 0.6) is 0 Å². The van der Waals surface area contributed by atoms with Gasteiger partial charge < -0.3 is 10.1 Å². The molecule has 1 aromatic heterocycles. The molecule has 0 saturated carbocycles. The molecule has 4 heteroatoms. The number of aryl methyl sites for hydroxylation is 1. The van der Waals surface area contributed by atoms with E-state index in [0.29, 0.717) is 6.04 Å². The van der Waals surface area contributed by atoms with Crippen LogP contribution in [-0.2, 0) is 11.3 Å². The molecule has 0 bridgehead atoms. The van der Waals surface area contributed by atoms with Gasteiger partial charge in [0.15, 0.2) is 0 Å². The van der Waals surface area contributed by atoms with Crippen LogP contribution in [0.3, 0.4) is 0 Å². The maximum absolute atomic E-state index is 5.43. The predicted octanol–water partition coefficient (Wildman–Crippen LogP) is 2.11. The molecular formula is C11H18N2OS. The molecule has 0 amide bonds. The van der Waals surface area contributed by atoms with Crippen molar-refractivity contribution in [3.8, 4) is 0 Å². The second-order valence-corrected chi connectivity index (χ2v) is 5.29. The van der Waals surface area contributed by atoms with E-state index in [9.17, 15) is 0 Å². The molecule has 1 aliphatic heterocycles. The molecular weight excluding hydrogens is 208 g/mol. The van der Waals surface area contributed by atoms with Crippen LogP contribution in [0.2, 0.25) is 0 Å². The summed E-state index contributed by atoms with van der Waals surface area (Å²) >= 11 is 1.78. The average Bonchev–Trinajstić information content (AvgIpc) is 2.52. The number of nitrogens with zero attached hydrogens (tertiary/aromatic N) is 1. The number of aromatic nitrogens is 1. The summed E-state index contributed by atoms with van der Waals surface area (Å²) in [6.45, 7) is 4.83. The van der Waals surface area contributed by atoms with Crippen LogP contribution in [0, 0.1) is 6.92 Å². The summed E-state index contributed by atoms with van der Waals surface area (Å²) in [7, 11) is 0. The SMILES string of the molecule is Cc1ncc(CN[C@@H]2CCCOCC2)s1. The van der Waals surface area contributed by atoms with Crippen LogP contribution in [0.15, 0.2) is 6.20 Å². The molecule has 15 heavy (non-hydrogen) atoms. The highest BCUT2D eigenvalue weighted by molar-refractivity contribution is 7.11. The molecule has 0 aliphatic carbocycles. The zero-order chi connectivity index (χ0) is 10.5. The number of thiazole rings is 1. The zero-order valence-electron chi connectivity index (χ0n) is 9.16. The molecule has 1 N–H and O–H groups in total. The summed E-state index contributed by atoms with van der Waals surface area (Å²) in [6, 6.07) is 0.620. The van der Waals surface area contributed by atoms with Crippen molar-refractivity contribution in [2.75, 3.05) is 13.2 Å². The molecule has 1 aliphatic rings. The van der Waals surface area contributed by atoms with Gasteiger partial charge in [-0.3, -0.25) is 0 Å². The van der Waals surface area contributed by atoms with E-state index in [-0.39, 0.29) is 0 Å². The molecule has 1 fully saturated rings. The first kappa shape index (κ1) is 11.0. The van der Waals surface area contributed by atoms with Gasteiger partial charge in [-0.05, 0) is 26.2 Å². The van der Waals surface area contributed by atoms with Gasteiger partial charge in [-0.15, -0.1) is 11.3 Å². The third kappa shape index (κ3) is 3.55. The Kier molecular flexibility index (Phi) is 4.11. The molecule has 1 aromatic rings. The molecule has 0 aromatic carbocycles. The van der Waals surface area contributed by atoms with Gasteiger partial charge in [-0.1, -0.05) is 0 Å². The van der Waals surface area contributed by atoms with Crippen molar-refractivity contribution >= 4 is 11.3 Å². The molecule has 0 unspecified atom stereocenters. The lowest BCUT2D eigenvalue weighted by atomic mass is 10.1. The third-order valence-corrected chi connectivity index (χ3v) is 3.60. The van der Waals surface area contributed by atoms with Gasteiger partial charge in [-0.25, -0.2) is 4.98 Å². The second kappa shape index (κ2) is 5.58. The number of ether oxygens (including phenoxy) is 1. The molecule has 0 spiro atoms. The van der Waals surface area contributed by atoms with Gasteiger partial charge >= 0.3 is 0 Å². The Morgan fingerprint density at radius 2 is 2.47 bits per heavy atom. The van der Waals surface area contributed by atoms with Crippen LogP contribution in [0.4, 0.5) is 0 Å². The fourth-order valence-corrected chi connectivity index (χ4v) is 2.59. The summed E-state index contributed by atoms with van der Waals surface area (Å²) in [5.74, 6) is 0. The lowest BCUT2D eigenvalue weighted by Crippen LogP contribution is -2.28. The van der Waals surface area contributed by atoms with Gasteiger partial charge in [0.1, 0.15) is 0 Å². The van der Waals surface area contributed by atoms with E-state index in [1.165, 1.54) is 17.7 Å². The van der Waals surface area contributed by atoms with Gasteiger partial charge in [0.05, 0.1) is 5.01 Å².